The number of alkyl halides is 6. The second kappa shape index (κ2) is 9.67. The first kappa shape index (κ1) is 23.0. The molecule has 1 aromatic rings. The molecule has 0 radical (unpaired) electrons. The van der Waals surface area contributed by atoms with E-state index in [-0.39, 0.29) is 30.3 Å². The molecule has 0 bridgehead atoms. The summed E-state index contributed by atoms with van der Waals surface area (Å²) in [6.07, 6.45) is -9.63. The monoisotopic (exact) mass is 512 g/mol. The Morgan fingerprint density at radius 2 is 1.38 bits per heavy atom. The van der Waals surface area contributed by atoms with E-state index < -0.39 is 17.9 Å². The number of benzene rings is 1. The van der Waals surface area contributed by atoms with E-state index in [9.17, 15) is 26.3 Å². The molecule has 0 aliphatic heterocycles. The number of halogens is 6. The molecule has 0 aromatic heterocycles. The number of hydrogen-bond donors (Lipinski definition) is 0. The van der Waals surface area contributed by atoms with E-state index in [4.69, 9.17) is 0 Å². The van der Waals surface area contributed by atoms with Gasteiger partial charge in [0.15, 0.2) is 0 Å². The van der Waals surface area contributed by atoms with Crippen molar-refractivity contribution >= 4 is 13.2 Å². The topological polar surface area (TPSA) is 0 Å². The zero-order chi connectivity index (χ0) is 16.0. The molecule has 0 fully saturated rings. The van der Waals surface area contributed by atoms with Crippen molar-refractivity contribution in [2.24, 2.45) is 0 Å². The molecule has 0 amide bonds. The van der Waals surface area contributed by atoms with Gasteiger partial charge in [-0.2, -0.15) is 13.2 Å². The summed E-state index contributed by atoms with van der Waals surface area (Å²) in [5.74, 6) is 0. The van der Waals surface area contributed by atoms with Crippen LogP contribution in [0.5, 0.6) is 0 Å². The van der Waals surface area contributed by atoms with Crippen molar-refractivity contribution in [3.05, 3.63) is 42.0 Å². The smallest absolute Gasteiger partial charge is 0.381 e. The molecule has 21 heavy (non-hydrogen) atoms. The average molecular weight is 512 g/mol. The molecule has 0 unspecified atom stereocenters. The number of hydrogen-bond acceptors (Lipinski definition) is 0. The summed E-state index contributed by atoms with van der Waals surface area (Å²) in [5, 5.41) is 1.48. The van der Waals surface area contributed by atoms with Gasteiger partial charge in [0.2, 0.25) is 0 Å². The molecule has 0 saturated heterocycles. The molecule has 0 aliphatic rings. The second-order valence-electron chi connectivity index (χ2n) is 3.98. The van der Waals surface area contributed by atoms with Crippen LogP contribution in [0.15, 0.2) is 35.9 Å². The Morgan fingerprint density at radius 3 is 1.57 bits per heavy atom. The van der Waals surface area contributed by atoms with E-state index in [1.54, 1.807) is 0 Å². The van der Waals surface area contributed by atoms with E-state index in [1.807, 2.05) is 0 Å². The SMILES string of the molecule is CC(=[C-]C(F)(F)F)C(F)(F)F.CP(C)c1ccccc1.[Au+]. The largest absolute Gasteiger partial charge is 1.00 e. The minimum atomic E-state index is -5.03. The van der Waals surface area contributed by atoms with Gasteiger partial charge in [0.25, 0.3) is 6.18 Å². The van der Waals surface area contributed by atoms with Gasteiger partial charge in [0, 0.05) is 0 Å². The Morgan fingerprint density at radius 1 is 0.952 bits per heavy atom. The molecular weight excluding hydrogens is 498 g/mol. The van der Waals surface area contributed by atoms with Gasteiger partial charge in [0.1, 0.15) is 0 Å². The third kappa shape index (κ3) is 12.0. The van der Waals surface area contributed by atoms with E-state index in [2.05, 4.69) is 43.7 Å². The van der Waals surface area contributed by atoms with Gasteiger partial charge < -0.3 is 6.08 Å². The molecule has 1 aromatic carbocycles. The molecule has 0 atom stereocenters. The average Bonchev–Trinajstić information content (AvgIpc) is 2.27. The van der Waals surface area contributed by atoms with Gasteiger partial charge in [-0.25, -0.2) is 13.2 Å². The number of allylic oxidation sites excluding steroid dienone is 2. The molecule has 0 heterocycles. The van der Waals surface area contributed by atoms with Gasteiger partial charge in [-0.3, -0.25) is 0 Å². The quantitative estimate of drug-likeness (QED) is 0.217. The van der Waals surface area contributed by atoms with Crippen LogP contribution >= 0.6 is 7.92 Å². The minimum absolute atomic E-state index is 0. The Balaban J connectivity index is 0. The van der Waals surface area contributed by atoms with E-state index in [1.165, 1.54) is 5.30 Å². The van der Waals surface area contributed by atoms with Gasteiger partial charge in [0.05, 0.1) is 0 Å². The normalized spacial score (nSPS) is 12.4. The van der Waals surface area contributed by atoms with Crippen molar-refractivity contribution in [3.8, 4) is 0 Å². The van der Waals surface area contributed by atoms with Crippen molar-refractivity contribution < 1.29 is 48.7 Å². The van der Waals surface area contributed by atoms with Crippen LogP contribution < -0.4 is 5.30 Å². The maximum Gasteiger partial charge on any atom is 1.00 e. The first-order valence-electron chi connectivity index (χ1n) is 5.41. The van der Waals surface area contributed by atoms with Crippen LogP contribution in [-0.4, -0.2) is 25.7 Å². The molecular formula is C13H14AuF6P. The Bertz CT molecular complexity index is 423. The minimum Gasteiger partial charge on any atom is -0.381 e. The summed E-state index contributed by atoms with van der Waals surface area (Å²) in [6.45, 7) is 4.85. The van der Waals surface area contributed by atoms with Crippen LogP contribution in [0.1, 0.15) is 6.92 Å². The predicted molar refractivity (Wildman–Crippen MR) is 69.4 cm³/mol. The van der Waals surface area contributed by atoms with Crippen molar-refractivity contribution in [2.75, 3.05) is 13.3 Å². The van der Waals surface area contributed by atoms with Crippen LogP contribution in [0.3, 0.4) is 0 Å². The van der Waals surface area contributed by atoms with Gasteiger partial charge in [-0.1, -0.05) is 45.2 Å². The summed E-state index contributed by atoms with van der Waals surface area (Å²) in [5.41, 5.74) is -1.77. The van der Waals surface area contributed by atoms with E-state index >= 15 is 0 Å². The maximum absolute atomic E-state index is 11.4. The first-order valence-corrected chi connectivity index (χ1v) is 7.65. The van der Waals surface area contributed by atoms with Crippen LogP contribution in [0.4, 0.5) is 26.3 Å². The fraction of sp³-hybridized carbons (Fsp3) is 0.385. The zero-order valence-corrected chi connectivity index (χ0v) is 14.5. The van der Waals surface area contributed by atoms with E-state index in [0.717, 1.165) is 0 Å². The van der Waals surface area contributed by atoms with Crippen LogP contribution in [0.25, 0.3) is 0 Å². The summed E-state index contributed by atoms with van der Waals surface area (Å²) < 4.78 is 67.8. The molecule has 8 heteroatoms. The zero-order valence-electron chi connectivity index (χ0n) is 11.4. The Kier molecular flexibility index (Phi) is 10.6. The molecule has 0 spiro atoms. The Labute approximate surface area is 136 Å². The predicted octanol–water partition coefficient (Wildman–Crippen LogP) is 4.91. The van der Waals surface area contributed by atoms with Gasteiger partial charge >= 0.3 is 28.6 Å². The van der Waals surface area contributed by atoms with Gasteiger partial charge in [-0.15, -0.1) is 5.57 Å². The summed E-state index contributed by atoms with van der Waals surface area (Å²) in [6, 6.07) is 10.6. The third-order valence-electron chi connectivity index (χ3n) is 2.03. The molecule has 1 rings (SSSR count). The first-order chi connectivity index (χ1) is 8.93. The molecule has 124 valence electrons. The van der Waals surface area contributed by atoms with Crippen molar-refractivity contribution in [1.29, 1.82) is 0 Å². The standard InChI is InChI=1S/C8H11P.C5H3F6.Au/c1-9(2)8-6-4-3-5-7-8;1-3(5(9,10)11)2-4(6,7)8;/h3-7H,1-2H3;1H3;/q;-1;+1. The molecule has 0 nitrogen and oxygen atoms in total. The third-order valence-corrected chi connectivity index (χ3v) is 3.36. The molecule has 0 saturated carbocycles. The van der Waals surface area contributed by atoms with Crippen LogP contribution in [-0.2, 0) is 22.4 Å². The number of rotatable bonds is 1. The fourth-order valence-electron chi connectivity index (χ4n) is 1.01. The summed E-state index contributed by atoms with van der Waals surface area (Å²) in [4.78, 5) is 0. The molecule has 0 aliphatic carbocycles. The maximum atomic E-state index is 11.4. The fourth-order valence-corrected chi connectivity index (χ4v) is 1.78. The Hall–Kier alpha value is -0.290. The van der Waals surface area contributed by atoms with Crippen LogP contribution in [0, 0.1) is 6.08 Å². The molecule has 0 N–H and O–H groups in total. The summed E-state index contributed by atoms with van der Waals surface area (Å²) >= 11 is 0. The van der Waals surface area contributed by atoms with E-state index in [0.29, 0.717) is 13.0 Å². The van der Waals surface area contributed by atoms with Crippen LogP contribution in [0.2, 0.25) is 0 Å². The van der Waals surface area contributed by atoms with Gasteiger partial charge in [-0.05, 0) is 18.6 Å². The summed E-state index contributed by atoms with van der Waals surface area (Å²) in [7, 11) is 0.104. The van der Waals surface area contributed by atoms with Crippen molar-refractivity contribution in [1.82, 2.24) is 0 Å². The van der Waals surface area contributed by atoms with Crippen molar-refractivity contribution in [2.45, 2.75) is 19.3 Å². The second-order valence-corrected chi connectivity index (χ2v) is 6.28. The van der Waals surface area contributed by atoms with Crippen molar-refractivity contribution in [3.63, 3.8) is 0 Å².